The molecule has 1 aliphatic heterocycles. The summed E-state index contributed by atoms with van der Waals surface area (Å²) in [5.74, 6) is 0.0279. The fraction of sp³-hybridized carbons (Fsp3) is 0.929. The van der Waals surface area contributed by atoms with Crippen molar-refractivity contribution in [3.05, 3.63) is 0 Å². The molecule has 0 aliphatic carbocycles. The van der Waals surface area contributed by atoms with E-state index in [0.29, 0.717) is 0 Å². The van der Waals surface area contributed by atoms with E-state index in [1.165, 1.54) is 25.9 Å². The van der Waals surface area contributed by atoms with Crippen molar-refractivity contribution in [2.24, 2.45) is 11.3 Å². The number of carboxylic acid groups (broad SMARTS) is 1. The van der Waals surface area contributed by atoms with Gasteiger partial charge in [0.2, 0.25) is 0 Å². The van der Waals surface area contributed by atoms with Gasteiger partial charge in [0.1, 0.15) is 0 Å². The molecule has 1 aliphatic rings. The molecular formula is C14H28N2O2. The van der Waals surface area contributed by atoms with Crippen molar-refractivity contribution in [2.75, 3.05) is 40.3 Å². The van der Waals surface area contributed by atoms with Gasteiger partial charge >= 0.3 is 5.97 Å². The lowest BCUT2D eigenvalue weighted by Gasteiger charge is -2.35. The van der Waals surface area contributed by atoms with Gasteiger partial charge in [-0.25, -0.2) is 0 Å². The fourth-order valence-corrected chi connectivity index (χ4v) is 3.12. The first-order valence-corrected chi connectivity index (χ1v) is 6.87. The fourth-order valence-electron chi connectivity index (χ4n) is 3.12. The molecule has 106 valence electrons. The SMILES string of the molecule is CN1CCCC(CN(C)CC(C)(C)CC(=O)O)C1. The smallest absolute Gasteiger partial charge is 0.303 e. The molecule has 0 aromatic heterocycles. The van der Waals surface area contributed by atoms with Crippen LogP contribution in [-0.2, 0) is 4.79 Å². The predicted molar refractivity (Wildman–Crippen MR) is 73.8 cm³/mol. The van der Waals surface area contributed by atoms with Crippen LogP contribution >= 0.6 is 0 Å². The van der Waals surface area contributed by atoms with Crippen molar-refractivity contribution in [3.63, 3.8) is 0 Å². The second-order valence-electron chi connectivity index (χ2n) is 6.70. The predicted octanol–water partition coefficient (Wildman–Crippen LogP) is 1.76. The molecule has 1 saturated heterocycles. The van der Waals surface area contributed by atoms with Gasteiger partial charge < -0.3 is 14.9 Å². The summed E-state index contributed by atoms with van der Waals surface area (Å²) in [6.07, 6.45) is 2.82. The maximum atomic E-state index is 10.8. The number of aliphatic carboxylic acids is 1. The van der Waals surface area contributed by atoms with Gasteiger partial charge in [-0.3, -0.25) is 4.79 Å². The molecule has 18 heavy (non-hydrogen) atoms. The Balaban J connectivity index is 2.36. The first-order chi connectivity index (χ1) is 8.28. The molecule has 1 unspecified atom stereocenters. The molecule has 4 heteroatoms. The van der Waals surface area contributed by atoms with Crippen LogP contribution in [0.25, 0.3) is 0 Å². The Morgan fingerprint density at radius 3 is 2.72 bits per heavy atom. The number of rotatable bonds is 6. The van der Waals surface area contributed by atoms with E-state index < -0.39 is 5.97 Å². The zero-order valence-electron chi connectivity index (χ0n) is 12.3. The first kappa shape index (κ1) is 15.4. The van der Waals surface area contributed by atoms with Gasteiger partial charge in [-0.05, 0) is 44.8 Å². The lowest BCUT2D eigenvalue weighted by Crippen LogP contribution is -2.41. The molecule has 1 fully saturated rings. The summed E-state index contributed by atoms with van der Waals surface area (Å²) in [5.41, 5.74) is -0.152. The van der Waals surface area contributed by atoms with E-state index >= 15 is 0 Å². The third-order valence-corrected chi connectivity index (χ3v) is 3.62. The van der Waals surface area contributed by atoms with E-state index in [-0.39, 0.29) is 11.8 Å². The Bertz CT molecular complexity index is 279. The van der Waals surface area contributed by atoms with Crippen LogP contribution in [0.1, 0.15) is 33.1 Å². The zero-order valence-corrected chi connectivity index (χ0v) is 12.3. The molecule has 0 aromatic rings. The maximum Gasteiger partial charge on any atom is 0.303 e. The van der Waals surface area contributed by atoms with E-state index in [9.17, 15) is 4.79 Å². The average Bonchev–Trinajstić information content (AvgIpc) is 2.13. The molecule has 1 rings (SSSR count). The van der Waals surface area contributed by atoms with Crippen LogP contribution in [0.5, 0.6) is 0 Å². The van der Waals surface area contributed by atoms with Crippen LogP contribution in [0.15, 0.2) is 0 Å². The van der Waals surface area contributed by atoms with Crippen LogP contribution < -0.4 is 0 Å². The highest BCUT2D eigenvalue weighted by atomic mass is 16.4. The van der Waals surface area contributed by atoms with Gasteiger partial charge in [0, 0.05) is 19.6 Å². The number of nitrogens with zero attached hydrogens (tertiary/aromatic N) is 2. The minimum absolute atomic E-state index is 0.152. The highest BCUT2D eigenvalue weighted by molar-refractivity contribution is 5.67. The van der Waals surface area contributed by atoms with Crippen molar-refractivity contribution in [2.45, 2.75) is 33.1 Å². The molecule has 0 bridgehead atoms. The van der Waals surface area contributed by atoms with Gasteiger partial charge in [0.15, 0.2) is 0 Å². The Labute approximate surface area is 111 Å². The Kier molecular flexibility index (Phi) is 5.60. The molecule has 0 amide bonds. The first-order valence-electron chi connectivity index (χ1n) is 6.87. The quantitative estimate of drug-likeness (QED) is 0.786. The van der Waals surface area contributed by atoms with Crippen molar-refractivity contribution in [3.8, 4) is 0 Å². The molecule has 0 saturated carbocycles. The van der Waals surface area contributed by atoms with Crippen LogP contribution in [0.4, 0.5) is 0 Å². The number of piperidine rings is 1. The number of carbonyl (C=O) groups is 1. The highest BCUT2D eigenvalue weighted by Crippen LogP contribution is 2.23. The molecule has 0 spiro atoms. The summed E-state index contributed by atoms with van der Waals surface area (Å²) in [6, 6.07) is 0. The molecular weight excluding hydrogens is 228 g/mol. The highest BCUT2D eigenvalue weighted by Gasteiger charge is 2.25. The van der Waals surface area contributed by atoms with Crippen molar-refractivity contribution >= 4 is 5.97 Å². The molecule has 0 radical (unpaired) electrons. The summed E-state index contributed by atoms with van der Waals surface area (Å²) in [7, 11) is 4.29. The van der Waals surface area contributed by atoms with Crippen LogP contribution in [0.3, 0.4) is 0 Å². The van der Waals surface area contributed by atoms with E-state index in [2.05, 4.69) is 23.9 Å². The topological polar surface area (TPSA) is 43.8 Å². The molecule has 1 atom stereocenters. The van der Waals surface area contributed by atoms with Crippen molar-refractivity contribution in [1.82, 2.24) is 9.80 Å². The third kappa shape index (κ3) is 5.83. The summed E-state index contributed by atoms with van der Waals surface area (Å²) in [5, 5.41) is 8.89. The minimum Gasteiger partial charge on any atom is -0.481 e. The van der Waals surface area contributed by atoms with Crippen LogP contribution in [0, 0.1) is 11.3 Å². The van der Waals surface area contributed by atoms with E-state index in [4.69, 9.17) is 5.11 Å². The third-order valence-electron chi connectivity index (χ3n) is 3.62. The minimum atomic E-state index is -0.703. The average molecular weight is 256 g/mol. The summed E-state index contributed by atoms with van der Waals surface area (Å²) in [6.45, 7) is 8.37. The van der Waals surface area contributed by atoms with Crippen LogP contribution in [0.2, 0.25) is 0 Å². The Hall–Kier alpha value is -0.610. The maximum absolute atomic E-state index is 10.8. The lowest BCUT2D eigenvalue weighted by atomic mass is 9.88. The van der Waals surface area contributed by atoms with E-state index in [0.717, 1.165) is 19.0 Å². The number of hydrogen-bond acceptors (Lipinski definition) is 3. The van der Waals surface area contributed by atoms with Gasteiger partial charge in [0.05, 0.1) is 6.42 Å². The number of hydrogen-bond donors (Lipinski definition) is 1. The lowest BCUT2D eigenvalue weighted by molar-refractivity contribution is -0.139. The van der Waals surface area contributed by atoms with E-state index in [1.807, 2.05) is 13.8 Å². The van der Waals surface area contributed by atoms with Gasteiger partial charge in [-0.2, -0.15) is 0 Å². The van der Waals surface area contributed by atoms with Crippen molar-refractivity contribution in [1.29, 1.82) is 0 Å². The summed E-state index contributed by atoms with van der Waals surface area (Å²) >= 11 is 0. The molecule has 0 aromatic carbocycles. The Morgan fingerprint density at radius 2 is 2.17 bits per heavy atom. The monoisotopic (exact) mass is 256 g/mol. The number of carboxylic acids is 1. The van der Waals surface area contributed by atoms with Crippen molar-refractivity contribution < 1.29 is 9.90 Å². The standard InChI is InChI=1S/C14H28N2O2/c1-14(2,8-13(17)18)11-16(4)10-12-6-5-7-15(3)9-12/h12H,5-11H2,1-4H3,(H,17,18). The summed E-state index contributed by atoms with van der Waals surface area (Å²) < 4.78 is 0. The normalized spacial score (nSPS) is 22.4. The van der Waals surface area contributed by atoms with Crippen LogP contribution in [-0.4, -0.2) is 61.2 Å². The largest absolute Gasteiger partial charge is 0.481 e. The van der Waals surface area contributed by atoms with Gasteiger partial charge in [-0.1, -0.05) is 13.8 Å². The molecule has 1 N–H and O–H groups in total. The zero-order chi connectivity index (χ0) is 13.8. The number of likely N-dealkylation sites (tertiary alicyclic amines) is 1. The molecule has 1 heterocycles. The Morgan fingerprint density at radius 1 is 1.50 bits per heavy atom. The van der Waals surface area contributed by atoms with E-state index in [1.54, 1.807) is 0 Å². The van der Waals surface area contributed by atoms with Gasteiger partial charge in [0.25, 0.3) is 0 Å². The second-order valence-corrected chi connectivity index (χ2v) is 6.70. The second kappa shape index (κ2) is 6.53. The molecule has 4 nitrogen and oxygen atoms in total. The van der Waals surface area contributed by atoms with Gasteiger partial charge in [-0.15, -0.1) is 0 Å². The summed E-state index contributed by atoms with van der Waals surface area (Å²) in [4.78, 5) is 15.5.